The summed E-state index contributed by atoms with van der Waals surface area (Å²) < 4.78 is 5.46. The van der Waals surface area contributed by atoms with Crippen molar-refractivity contribution >= 4 is 22.3 Å². The summed E-state index contributed by atoms with van der Waals surface area (Å²) in [5.74, 6) is 0.565. The van der Waals surface area contributed by atoms with Crippen LogP contribution in [0.3, 0.4) is 0 Å². The molecule has 2 aliphatic heterocycles. The Bertz CT molecular complexity index is 935. The lowest BCUT2D eigenvalue weighted by molar-refractivity contribution is 0.122. The van der Waals surface area contributed by atoms with Gasteiger partial charge in [0.25, 0.3) is 0 Å². The Labute approximate surface area is 166 Å². The molecule has 3 heterocycles. The number of hydrogen-bond acceptors (Lipinski definition) is 4. The van der Waals surface area contributed by atoms with E-state index in [4.69, 9.17) is 4.74 Å². The number of rotatable bonds is 3. The molecule has 0 unspecified atom stereocenters. The van der Waals surface area contributed by atoms with Crippen molar-refractivity contribution in [1.82, 2.24) is 10.2 Å². The van der Waals surface area contributed by atoms with Crippen molar-refractivity contribution < 1.29 is 4.74 Å². The highest BCUT2D eigenvalue weighted by Gasteiger charge is 2.24. The number of anilines is 2. The summed E-state index contributed by atoms with van der Waals surface area (Å²) in [7, 11) is 0. The van der Waals surface area contributed by atoms with Crippen LogP contribution in [0.15, 0.2) is 42.5 Å². The fourth-order valence-corrected chi connectivity index (χ4v) is 4.58. The van der Waals surface area contributed by atoms with E-state index in [1.165, 1.54) is 28.0 Å². The largest absolute Gasteiger partial charge is 0.378 e. The topological polar surface area (TPSA) is 44.4 Å². The van der Waals surface area contributed by atoms with Gasteiger partial charge in [-0.1, -0.05) is 11.6 Å². The van der Waals surface area contributed by atoms with Crippen LogP contribution in [0.1, 0.15) is 30.0 Å². The van der Waals surface area contributed by atoms with Gasteiger partial charge in [-0.2, -0.15) is 5.10 Å². The van der Waals surface area contributed by atoms with Gasteiger partial charge in [0, 0.05) is 54.6 Å². The van der Waals surface area contributed by atoms with Crippen molar-refractivity contribution in [3.63, 3.8) is 0 Å². The highest BCUT2D eigenvalue weighted by molar-refractivity contribution is 5.82. The monoisotopic (exact) mass is 376 g/mol. The van der Waals surface area contributed by atoms with Crippen LogP contribution in [0.4, 0.5) is 11.4 Å². The Kier molecular flexibility index (Phi) is 4.69. The van der Waals surface area contributed by atoms with Crippen LogP contribution in [-0.2, 0) is 4.74 Å². The molecule has 2 fully saturated rings. The first-order chi connectivity index (χ1) is 13.8. The molecule has 1 N–H and O–H groups in total. The van der Waals surface area contributed by atoms with Crippen LogP contribution >= 0.6 is 0 Å². The van der Waals surface area contributed by atoms with Gasteiger partial charge in [0.2, 0.25) is 0 Å². The van der Waals surface area contributed by atoms with E-state index in [1.54, 1.807) is 0 Å². The first-order valence-corrected chi connectivity index (χ1v) is 10.4. The van der Waals surface area contributed by atoms with Gasteiger partial charge in [0.1, 0.15) is 0 Å². The molecule has 0 radical (unpaired) electrons. The maximum absolute atomic E-state index is 5.46. The Morgan fingerprint density at radius 3 is 2.21 bits per heavy atom. The van der Waals surface area contributed by atoms with Gasteiger partial charge >= 0.3 is 0 Å². The van der Waals surface area contributed by atoms with Crippen molar-refractivity contribution in [2.24, 2.45) is 0 Å². The molecule has 3 aromatic rings. The molecule has 0 amide bonds. The Balaban J connectivity index is 1.26. The molecule has 146 valence electrons. The van der Waals surface area contributed by atoms with E-state index >= 15 is 0 Å². The number of aromatic amines is 1. The van der Waals surface area contributed by atoms with Gasteiger partial charge in [0.15, 0.2) is 0 Å². The van der Waals surface area contributed by atoms with Crippen LogP contribution in [0.2, 0.25) is 0 Å². The standard InChI is InChI=1S/C23H28N4O/c1-17-2-7-22-21(16-17)23(25-24-22)18-8-10-26(11-9-18)19-3-5-20(6-4-19)27-12-14-28-15-13-27/h2-7,16,18H,8-15H2,1H3,(H,24,25). The summed E-state index contributed by atoms with van der Waals surface area (Å²) >= 11 is 0. The fraction of sp³-hybridized carbons (Fsp3) is 0.435. The number of hydrogen-bond donors (Lipinski definition) is 1. The number of morpholine rings is 1. The molecule has 0 saturated carbocycles. The molecule has 0 spiro atoms. The van der Waals surface area contributed by atoms with E-state index in [0.717, 1.165) is 57.8 Å². The minimum absolute atomic E-state index is 0.565. The summed E-state index contributed by atoms with van der Waals surface area (Å²) in [6.45, 7) is 7.97. The minimum Gasteiger partial charge on any atom is -0.378 e. The number of nitrogens with one attached hydrogen (secondary N) is 1. The van der Waals surface area contributed by atoms with Gasteiger partial charge in [-0.15, -0.1) is 0 Å². The van der Waals surface area contributed by atoms with Crippen molar-refractivity contribution in [2.45, 2.75) is 25.7 Å². The molecule has 2 aromatic carbocycles. The molecule has 2 saturated heterocycles. The van der Waals surface area contributed by atoms with Gasteiger partial charge in [-0.25, -0.2) is 0 Å². The van der Waals surface area contributed by atoms with Gasteiger partial charge < -0.3 is 14.5 Å². The lowest BCUT2D eigenvalue weighted by atomic mass is 9.91. The molecule has 5 rings (SSSR count). The summed E-state index contributed by atoms with van der Waals surface area (Å²) in [6, 6.07) is 15.6. The molecule has 2 aliphatic rings. The van der Waals surface area contributed by atoms with E-state index in [2.05, 4.69) is 69.4 Å². The molecule has 0 atom stereocenters. The lowest BCUT2D eigenvalue weighted by Crippen LogP contribution is -2.36. The van der Waals surface area contributed by atoms with Gasteiger partial charge in [-0.05, 0) is 56.2 Å². The molecule has 5 heteroatoms. The van der Waals surface area contributed by atoms with Crippen LogP contribution < -0.4 is 9.80 Å². The van der Waals surface area contributed by atoms with Crippen LogP contribution in [-0.4, -0.2) is 49.6 Å². The number of fused-ring (bicyclic) bond motifs is 1. The average molecular weight is 377 g/mol. The number of aromatic nitrogens is 2. The second-order valence-electron chi connectivity index (χ2n) is 8.04. The number of ether oxygens (including phenoxy) is 1. The molecule has 1 aromatic heterocycles. The summed E-state index contributed by atoms with van der Waals surface area (Å²) in [6.07, 6.45) is 2.33. The number of benzene rings is 2. The Morgan fingerprint density at radius 2 is 1.54 bits per heavy atom. The summed E-state index contributed by atoms with van der Waals surface area (Å²) in [4.78, 5) is 4.92. The van der Waals surface area contributed by atoms with E-state index in [1.807, 2.05) is 0 Å². The lowest BCUT2D eigenvalue weighted by Gasteiger charge is -2.34. The van der Waals surface area contributed by atoms with E-state index in [9.17, 15) is 0 Å². The number of H-pyrrole nitrogens is 1. The maximum Gasteiger partial charge on any atom is 0.0924 e. The third kappa shape index (κ3) is 3.35. The molecule has 28 heavy (non-hydrogen) atoms. The second-order valence-corrected chi connectivity index (χ2v) is 8.04. The average Bonchev–Trinajstić information content (AvgIpc) is 3.18. The molecular weight excluding hydrogens is 348 g/mol. The third-order valence-electron chi connectivity index (χ3n) is 6.23. The quantitative estimate of drug-likeness (QED) is 0.748. The Morgan fingerprint density at radius 1 is 0.893 bits per heavy atom. The summed E-state index contributed by atoms with van der Waals surface area (Å²) in [5.41, 5.74) is 6.35. The van der Waals surface area contributed by atoms with Crippen molar-refractivity contribution in [2.75, 3.05) is 49.2 Å². The van der Waals surface area contributed by atoms with E-state index in [-0.39, 0.29) is 0 Å². The van der Waals surface area contributed by atoms with Crippen molar-refractivity contribution in [3.05, 3.63) is 53.7 Å². The minimum atomic E-state index is 0.565. The van der Waals surface area contributed by atoms with E-state index < -0.39 is 0 Å². The SMILES string of the molecule is Cc1ccc2n[nH]c(C3CCN(c4ccc(N5CCOCC5)cc4)CC3)c2c1. The number of nitrogens with zero attached hydrogens (tertiary/aromatic N) is 3. The zero-order valence-electron chi connectivity index (χ0n) is 16.5. The number of piperidine rings is 1. The molecular formula is C23H28N4O. The molecule has 0 aliphatic carbocycles. The van der Waals surface area contributed by atoms with Gasteiger partial charge in [0.05, 0.1) is 18.7 Å². The van der Waals surface area contributed by atoms with Crippen LogP contribution in [0, 0.1) is 6.92 Å². The van der Waals surface area contributed by atoms with Crippen molar-refractivity contribution in [1.29, 1.82) is 0 Å². The normalized spacial score (nSPS) is 18.8. The first kappa shape index (κ1) is 17.6. The Hall–Kier alpha value is -2.53. The molecule has 5 nitrogen and oxygen atoms in total. The third-order valence-corrected chi connectivity index (χ3v) is 6.23. The van der Waals surface area contributed by atoms with E-state index in [0.29, 0.717) is 5.92 Å². The highest BCUT2D eigenvalue weighted by atomic mass is 16.5. The second kappa shape index (κ2) is 7.47. The van der Waals surface area contributed by atoms with Gasteiger partial charge in [-0.3, -0.25) is 5.10 Å². The number of aryl methyl sites for hydroxylation is 1. The predicted octanol–water partition coefficient (Wildman–Crippen LogP) is 4.09. The maximum atomic E-state index is 5.46. The summed E-state index contributed by atoms with van der Waals surface area (Å²) in [5, 5.41) is 9.14. The molecule has 0 bridgehead atoms. The van der Waals surface area contributed by atoms with Crippen molar-refractivity contribution in [3.8, 4) is 0 Å². The zero-order chi connectivity index (χ0) is 18.9. The highest BCUT2D eigenvalue weighted by Crippen LogP contribution is 2.34. The smallest absolute Gasteiger partial charge is 0.0924 e. The predicted molar refractivity (Wildman–Crippen MR) is 114 cm³/mol. The van der Waals surface area contributed by atoms with Crippen LogP contribution in [0.25, 0.3) is 10.9 Å². The first-order valence-electron chi connectivity index (χ1n) is 10.4. The fourth-order valence-electron chi connectivity index (χ4n) is 4.58. The zero-order valence-corrected chi connectivity index (χ0v) is 16.5. The van der Waals surface area contributed by atoms with Crippen LogP contribution in [0.5, 0.6) is 0 Å².